The Balaban J connectivity index is 2.53. The van der Waals surface area contributed by atoms with Crippen LogP contribution in [0, 0.1) is 0 Å². The molecule has 0 bridgehead atoms. The van der Waals surface area contributed by atoms with Crippen molar-refractivity contribution in [2.45, 2.75) is 0 Å². The highest BCUT2D eigenvalue weighted by Crippen LogP contribution is 2.29. The molecule has 0 saturated heterocycles. The molecule has 6 heteroatoms. The summed E-state index contributed by atoms with van der Waals surface area (Å²) in [6, 6.07) is 5.00. The Labute approximate surface area is 120 Å². The number of allylic oxidation sites excluding steroid dienone is 3. The van der Waals surface area contributed by atoms with E-state index < -0.39 is 5.83 Å². The van der Waals surface area contributed by atoms with Crippen LogP contribution >= 0.6 is 23.2 Å². The molecule has 2 rings (SSSR count). The second-order valence-electron chi connectivity index (χ2n) is 3.76. The first-order valence-electron chi connectivity index (χ1n) is 5.30. The first-order valence-corrected chi connectivity index (χ1v) is 6.06. The molecule has 1 aromatic rings. The van der Waals surface area contributed by atoms with Crippen LogP contribution in [0.1, 0.15) is 5.56 Å². The van der Waals surface area contributed by atoms with E-state index >= 15 is 0 Å². The van der Waals surface area contributed by atoms with E-state index in [2.05, 4.69) is 11.7 Å². The molecule has 0 atom stereocenters. The second kappa shape index (κ2) is 5.47. The van der Waals surface area contributed by atoms with Crippen LogP contribution in [0.5, 0.6) is 0 Å². The highest BCUT2D eigenvalue weighted by molar-refractivity contribution is 6.40. The Bertz CT molecular complexity index is 600. The number of amidine groups is 1. The first-order chi connectivity index (χ1) is 9.04. The van der Waals surface area contributed by atoms with Crippen LogP contribution in [-0.4, -0.2) is 10.7 Å². The number of halogens is 3. The molecule has 0 radical (unpaired) electrons. The molecule has 0 aromatic heterocycles. The normalized spacial score (nSPS) is 15.7. The Kier molecular flexibility index (Phi) is 3.93. The summed E-state index contributed by atoms with van der Waals surface area (Å²) in [5.41, 5.74) is 0.926. The summed E-state index contributed by atoms with van der Waals surface area (Å²) in [7, 11) is 0. The van der Waals surface area contributed by atoms with Crippen LogP contribution in [0.4, 0.5) is 4.39 Å². The van der Waals surface area contributed by atoms with Crippen LogP contribution in [0.3, 0.4) is 0 Å². The molecule has 0 unspecified atom stereocenters. The number of rotatable bonds is 1. The van der Waals surface area contributed by atoms with Crippen molar-refractivity contribution in [2.75, 3.05) is 0 Å². The van der Waals surface area contributed by atoms with E-state index in [9.17, 15) is 4.39 Å². The van der Waals surface area contributed by atoms with Crippen molar-refractivity contribution in [3.05, 3.63) is 70.3 Å². The largest absolute Gasteiger partial charge is 0.321 e. The zero-order valence-electron chi connectivity index (χ0n) is 9.78. The molecule has 19 heavy (non-hydrogen) atoms. The van der Waals surface area contributed by atoms with Crippen molar-refractivity contribution in [3.8, 4) is 0 Å². The van der Waals surface area contributed by atoms with Gasteiger partial charge in [-0.1, -0.05) is 35.8 Å². The minimum Gasteiger partial charge on any atom is -0.321 e. The Morgan fingerprint density at radius 2 is 1.89 bits per heavy atom. The van der Waals surface area contributed by atoms with Crippen LogP contribution in [0.15, 0.2) is 59.8 Å². The number of hydrogen-bond donors (Lipinski definition) is 1. The van der Waals surface area contributed by atoms with Gasteiger partial charge in [-0.15, -0.1) is 0 Å². The van der Waals surface area contributed by atoms with Crippen LogP contribution < -0.4 is 5.84 Å². The van der Waals surface area contributed by atoms with Crippen molar-refractivity contribution in [2.24, 2.45) is 10.9 Å². The summed E-state index contributed by atoms with van der Waals surface area (Å²) in [5, 5.41) is 4.39. The topological polar surface area (TPSA) is 41.6 Å². The Morgan fingerprint density at radius 3 is 2.47 bits per heavy atom. The SMILES string of the molecule is C=C1C=CC(F)=CN1/C(=N\N)c1c(Cl)cccc1Cl. The van der Waals surface area contributed by atoms with E-state index in [1.165, 1.54) is 23.3 Å². The molecule has 1 aromatic carbocycles. The Hall–Kier alpha value is -1.78. The quantitative estimate of drug-likeness (QED) is 0.371. The average molecular weight is 298 g/mol. The summed E-state index contributed by atoms with van der Waals surface area (Å²) in [6.45, 7) is 3.79. The highest BCUT2D eigenvalue weighted by atomic mass is 35.5. The van der Waals surface area contributed by atoms with E-state index in [1.54, 1.807) is 18.2 Å². The zero-order chi connectivity index (χ0) is 14.0. The van der Waals surface area contributed by atoms with Gasteiger partial charge in [0.25, 0.3) is 0 Å². The van der Waals surface area contributed by atoms with Crippen LogP contribution in [0.2, 0.25) is 10.0 Å². The van der Waals surface area contributed by atoms with Crippen molar-refractivity contribution in [1.82, 2.24) is 4.90 Å². The molecule has 0 spiro atoms. The number of hydrogen-bond acceptors (Lipinski definition) is 2. The van der Waals surface area contributed by atoms with E-state index in [0.717, 1.165) is 0 Å². The molecule has 3 nitrogen and oxygen atoms in total. The maximum absolute atomic E-state index is 13.4. The number of benzene rings is 1. The first kappa shape index (κ1) is 13.6. The molecule has 0 amide bonds. The lowest BCUT2D eigenvalue weighted by molar-refractivity contribution is 0.601. The summed E-state index contributed by atoms with van der Waals surface area (Å²) < 4.78 is 13.4. The highest BCUT2D eigenvalue weighted by Gasteiger charge is 2.21. The second-order valence-corrected chi connectivity index (χ2v) is 4.57. The minimum absolute atomic E-state index is 0.222. The lowest BCUT2D eigenvalue weighted by Gasteiger charge is -2.25. The predicted octanol–water partition coefficient (Wildman–Crippen LogP) is 3.81. The van der Waals surface area contributed by atoms with E-state index in [0.29, 0.717) is 21.3 Å². The zero-order valence-corrected chi connectivity index (χ0v) is 11.3. The van der Waals surface area contributed by atoms with Gasteiger partial charge in [-0.3, -0.25) is 4.90 Å². The third kappa shape index (κ3) is 2.64. The fourth-order valence-electron chi connectivity index (χ4n) is 1.66. The van der Waals surface area contributed by atoms with Gasteiger partial charge in [0.2, 0.25) is 0 Å². The van der Waals surface area contributed by atoms with Gasteiger partial charge in [0, 0.05) is 11.9 Å². The molecular formula is C13H10Cl2FN3. The minimum atomic E-state index is -0.447. The van der Waals surface area contributed by atoms with Gasteiger partial charge >= 0.3 is 0 Å². The van der Waals surface area contributed by atoms with Gasteiger partial charge in [-0.05, 0) is 24.3 Å². The molecule has 1 aliphatic heterocycles. The van der Waals surface area contributed by atoms with Crippen molar-refractivity contribution in [3.63, 3.8) is 0 Å². The Morgan fingerprint density at radius 1 is 1.26 bits per heavy atom. The third-order valence-corrected chi connectivity index (χ3v) is 3.16. The molecule has 0 saturated carbocycles. The fraction of sp³-hybridized carbons (Fsp3) is 0. The summed E-state index contributed by atoms with van der Waals surface area (Å²) in [6.07, 6.45) is 4.01. The molecule has 0 fully saturated rings. The van der Waals surface area contributed by atoms with Gasteiger partial charge in [-0.25, -0.2) is 4.39 Å². The molecule has 2 N–H and O–H groups in total. The fourth-order valence-corrected chi connectivity index (χ4v) is 2.23. The molecule has 0 aliphatic carbocycles. The van der Waals surface area contributed by atoms with Gasteiger partial charge < -0.3 is 5.84 Å². The molecule has 98 valence electrons. The van der Waals surface area contributed by atoms with E-state index in [4.69, 9.17) is 29.0 Å². The van der Waals surface area contributed by atoms with Gasteiger partial charge in [0.1, 0.15) is 5.83 Å². The molecular weight excluding hydrogens is 288 g/mol. The van der Waals surface area contributed by atoms with Crippen LogP contribution in [-0.2, 0) is 0 Å². The van der Waals surface area contributed by atoms with Gasteiger partial charge in [0.15, 0.2) is 5.84 Å². The number of nitrogens with zero attached hydrogens (tertiary/aromatic N) is 2. The average Bonchev–Trinajstić information content (AvgIpc) is 2.37. The van der Waals surface area contributed by atoms with E-state index in [-0.39, 0.29) is 5.84 Å². The number of hydrazone groups is 1. The van der Waals surface area contributed by atoms with Gasteiger partial charge in [0.05, 0.1) is 15.6 Å². The van der Waals surface area contributed by atoms with E-state index in [1.807, 2.05) is 0 Å². The maximum atomic E-state index is 13.4. The molecule has 1 heterocycles. The standard InChI is InChI=1S/C13H10Cl2FN3/c1-8-5-6-9(16)7-19(8)13(18-17)12-10(14)3-2-4-11(12)15/h2-7H,1,17H2/b18-13-. The lowest BCUT2D eigenvalue weighted by Crippen LogP contribution is -2.28. The third-order valence-electron chi connectivity index (χ3n) is 2.53. The van der Waals surface area contributed by atoms with Gasteiger partial charge in [-0.2, -0.15) is 5.10 Å². The summed E-state index contributed by atoms with van der Waals surface area (Å²) >= 11 is 12.2. The maximum Gasteiger partial charge on any atom is 0.167 e. The van der Waals surface area contributed by atoms with Crippen molar-refractivity contribution < 1.29 is 4.39 Å². The smallest absolute Gasteiger partial charge is 0.167 e. The molecule has 1 aliphatic rings. The monoisotopic (exact) mass is 297 g/mol. The summed E-state index contributed by atoms with van der Waals surface area (Å²) in [4.78, 5) is 1.39. The van der Waals surface area contributed by atoms with Crippen LogP contribution in [0.25, 0.3) is 0 Å². The predicted molar refractivity (Wildman–Crippen MR) is 76.5 cm³/mol. The lowest BCUT2D eigenvalue weighted by atomic mass is 10.1. The van der Waals surface area contributed by atoms with Crippen molar-refractivity contribution >= 4 is 29.0 Å². The number of nitrogens with two attached hydrogens (primary N) is 1. The van der Waals surface area contributed by atoms with Crippen molar-refractivity contribution in [1.29, 1.82) is 0 Å². The summed E-state index contributed by atoms with van der Waals surface area (Å²) in [5.74, 6) is 5.17.